The molecule has 0 aliphatic carbocycles. The first-order chi connectivity index (χ1) is 11.0. The lowest BCUT2D eigenvalue weighted by Crippen LogP contribution is -2.39. The third kappa shape index (κ3) is 3.72. The number of nitrogens with zero attached hydrogens (tertiary/aromatic N) is 2. The average molecular weight is 327 g/mol. The summed E-state index contributed by atoms with van der Waals surface area (Å²) in [5.74, 6) is 0.219. The quantitative estimate of drug-likeness (QED) is 0.728. The van der Waals surface area contributed by atoms with Gasteiger partial charge in [-0.25, -0.2) is 4.79 Å². The Morgan fingerprint density at radius 2 is 2.09 bits per heavy atom. The molecular weight excluding hydrogens is 302 g/mol. The zero-order valence-electron chi connectivity index (χ0n) is 14.0. The fourth-order valence-electron chi connectivity index (χ4n) is 2.75. The minimum atomic E-state index is -0.610. The summed E-state index contributed by atoms with van der Waals surface area (Å²) in [6, 6.07) is 0. The second-order valence-electron chi connectivity index (χ2n) is 5.50. The standard InChI is InChI=1S/C15H25N3O5/c1-5-10-11(21-4)12(22-7-6-20-3)14(23-10)18-8-9(2)13(16)17-15(18)19/h8,10-12,14H,5-7H2,1-4H3,(H2,16,17,19)/t10-,11?,12+,14-/m1/s1. The van der Waals surface area contributed by atoms with Crippen molar-refractivity contribution < 1.29 is 18.9 Å². The SMILES string of the molecule is CC[C@H]1O[C@@H](n2cc(C)c(N)nc2=O)[C@@H](OCCOC)C1OC. The number of methoxy groups -OCH3 is 2. The van der Waals surface area contributed by atoms with Crippen molar-refractivity contribution in [2.24, 2.45) is 0 Å². The molecule has 1 unspecified atom stereocenters. The van der Waals surface area contributed by atoms with Crippen LogP contribution in [0.2, 0.25) is 0 Å². The van der Waals surface area contributed by atoms with Gasteiger partial charge < -0.3 is 24.7 Å². The molecule has 1 fully saturated rings. The van der Waals surface area contributed by atoms with Gasteiger partial charge in [-0.05, 0) is 13.3 Å². The van der Waals surface area contributed by atoms with Crippen LogP contribution in [-0.4, -0.2) is 55.3 Å². The van der Waals surface area contributed by atoms with E-state index in [1.54, 1.807) is 27.3 Å². The highest BCUT2D eigenvalue weighted by Crippen LogP contribution is 2.34. The second-order valence-corrected chi connectivity index (χ2v) is 5.50. The number of nitrogen functional groups attached to an aromatic ring is 1. The van der Waals surface area contributed by atoms with Gasteiger partial charge in [0.1, 0.15) is 18.0 Å². The number of hydrogen-bond donors (Lipinski definition) is 1. The van der Waals surface area contributed by atoms with Crippen LogP contribution in [0.5, 0.6) is 0 Å². The van der Waals surface area contributed by atoms with Gasteiger partial charge in [-0.3, -0.25) is 4.57 Å². The molecule has 23 heavy (non-hydrogen) atoms. The minimum absolute atomic E-state index is 0.165. The largest absolute Gasteiger partial charge is 0.383 e. The number of hydrogen-bond acceptors (Lipinski definition) is 7. The maximum Gasteiger partial charge on any atom is 0.351 e. The predicted molar refractivity (Wildman–Crippen MR) is 84.3 cm³/mol. The molecule has 0 aromatic carbocycles. The molecule has 8 nitrogen and oxygen atoms in total. The Morgan fingerprint density at radius 1 is 1.35 bits per heavy atom. The monoisotopic (exact) mass is 327 g/mol. The smallest absolute Gasteiger partial charge is 0.351 e. The first-order valence-electron chi connectivity index (χ1n) is 7.67. The van der Waals surface area contributed by atoms with Crippen molar-refractivity contribution in [3.63, 3.8) is 0 Å². The number of ether oxygens (including phenoxy) is 4. The molecule has 8 heteroatoms. The summed E-state index contributed by atoms with van der Waals surface area (Å²) >= 11 is 0. The summed E-state index contributed by atoms with van der Waals surface area (Å²) < 4.78 is 23.9. The second kappa shape index (κ2) is 7.87. The number of aromatic nitrogens is 2. The van der Waals surface area contributed by atoms with Gasteiger partial charge >= 0.3 is 5.69 Å². The molecule has 1 aromatic rings. The lowest BCUT2D eigenvalue weighted by Gasteiger charge is -2.24. The van der Waals surface area contributed by atoms with Crippen molar-refractivity contribution in [1.82, 2.24) is 9.55 Å². The van der Waals surface area contributed by atoms with E-state index in [4.69, 9.17) is 24.7 Å². The first-order valence-corrected chi connectivity index (χ1v) is 7.67. The van der Waals surface area contributed by atoms with Crippen LogP contribution >= 0.6 is 0 Å². The van der Waals surface area contributed by atoms with E-state index in [9.17, 15) is 4.79 Å². The van der Waals surface area contributed by atoms with Crippen LogP contribution < -0.4 is 11.4 Å². The Morgan fingerprint density at radius 3 is 2.70 bits per heavy atom. The van der Waals surface area contributed by atoms with Crippen LogP contribution in [0, 0.1) is 6.92 Å². The third-order valence-electron chi connectivity index (χ3n) is 4.01. The van der Waals surface area contributed by atoms with E-state index >= 15 is 0 Å². The maximum atomic E-state index is 12.2. The van der Waals surface area contributed by atoms with Crippen LogP contribution in [-0.2, 0) is 18.9 Å². The zero-order valence-corrected chi connectivity index (χ0v) is 14.0. The Bertz CT molecular complexity index is 577. The van der Waals surface area contributed by atoms with Crippen LogP contribution in [0.25, 0.3) is 0 Å². The molecule has 0 saturated carbocycles. The van der Waals surface area contributed by atoms with Crippen LogP contribution in [0.15, 0.2) is 11.0 Å². The highest BCUT2D eigenvalue weighted by molar-refractivity contribution is 5.35. The van der Waals surface area contributed by atoms with Crippen molar-refractivity contribution >= 4 is 5.82 Å². The summed E-state index contributed by atoms with van der Waals surface area (Å²) in [5.41, 5.74) is 5.93. The Kier molecular flexibility index (Phi) is 6.11. The number of aryl methyl sites for hydroxylation is 1. The van der Waals surface area contributed by atoms with Crippen molar-refractivity contribution in [3.8, 4) is 0 Å². The first kappa shape index (κ1) is 17.9. The van der Waals surface area contributed by atoms with Gasteiger partial charge in [0.25, 0.3) is 0 Å². The molecule has 130 valence electrons. The van der Waals surface area contributed by atoms with Gasteiger partial charge in [0, 0.05) is 26.0 Å². The summed E-state index contributed by atoms with van der Waals surface area (Å²) in [4.78, 5) is 16.1. The Labute approximate surface area is 135 Å². The summed E-state index contributed by atoms with van der Waals surface area (Å²) in [6.07, 6.45) is 0.916. The minimum Gasteiger partial charge on any atom is -0.383 e. The van der Waals surface area contributed by atoms with Gasteiger partial charge in [-0.1, -0.05) is 6.92 Å². The van der Waals surface area contributed by atoms with E-state index in [0.29, 0.717) is 18.8 Å². The molecule has 0 spiro atoms. The maximum absolute atomic E-state index is 12.2. The van der Waals surface area contributed by atoms with Crippen molar-refractivity contribution in [1.29, 1.82) is 0 Å². The predicted octanol–water partition coefficient (Wildman–Crippen LogP) is 0.488. The van der Waals surface area contributed by atoms with E-state index in [2.05, 4.69) is 4.98 Å². The molecule has 0 amide bonds. The highest BCUT2D eigenvalue weighted by Gasteiger charge is 2.46. The van der Waals surface area contributed by atoms with E-state index < -0.39 is 18.0 Å². The van der Waals surface area contributed by atoms with E-state index in [1.165, 1.54) is 4.57 Å². The van der Waals surface area contributed by atoms with Crippen LogP contribution in [0.4, 0.5) is 5.82 Å². The normalized spacial score (nSPS) is 27.5. The molecule has 0 bridgehead atoms. The molecule has 0 radical (unpaired) electrons. The lowest BCUT2D eigenvalue weighted by molar-refractivity contribution is -0.0838. The fraction of sp³-hybridized carbons (Fsp3) is 0.733. The van der Waals surface area contributed by atoms with Crippen LogP contribution in [0.3, 0.4) is 0 Å². The molecule has 1 aromatic heterocycles. The molecular formula is C15H25N3O5. The Hall–Kier alpha value is -1.48. The van der Waals surface area contributed by atoms with Crippen molar-refractivity contribution in [2.75, 3.05) is 33.2 Å². The van der Waals surface area contributed by atoms with Gasteiger partial charge in [0.05, 0.1) is 19.3 Å². The summed E-state index contributed by atoms with van der Waals surface area (Å²) in [5, 5.41) is 0. The highest BCUT2D eigenvalue weighted by atomic mass is 16.6. The van der Waals surface area contributed by atoms with Crippen molar-refractivity contribution in [2.45, 2.75) is 44.8 Å². The molecule has 2 N–H and O–H groups in total. The number of nitrogens with two attached hydrogens (primary N) is 1. The topological polar surface area (TPSA) is 97.8 Å². The van der Waals surface area contributed by atoms with Gasteiger partial charge in [0.2, 0.25) is 0 Å². The van der Waals surface area contributed by atoms with E-state index in [0.717, 1.165) is 6.42 Å². The lowest BCUT2D eigenvalue weighted by atomic mass is 10.1. The van der Waals surface area contributed by atoms with Gasteiger partial charge in [0.15, 0.2) is 6.23 Å². The third-order valence-corrected chi connectivity index (χ3v) is 4.01. The van der Waals surface area contributed by atoms with E-state index in [1.807, 2.05) is 6.92 Å². The molecule has 1 aliphatic heterocycles. The Balaban J connectivity index is 2.33. The van der Waals surface area contributed by atoms with Gasteiger partial charge in [-0.2, -0.15) is 4.98 Å². The van der Waals surface area contributed by atoms with Crippen LogP contribution in [0.1, 0.15) is 25.1 Å². The molecule has 1 aliphatic rings. The number of anilines is 1. The summed E-state index contributed by atoms with van der Waals surface area (Å²) in [6.45, 7) is 4.62. The van der Waals surface area contributed by atoms with Crippen molar-refractivity contribution in [3.05, 3.63) is 22.2 Å². The molecule has 4 atom stereocenters. The van der Waals surface area contributed by atoms with Gasteiger partial charge in [-0.15, -0.1) is 0 Å². The average Bonchev–Trinajstić information content (AvgIpc) is 2.88. The zero-order chi connectivity index (χ0) is 17.0. The summed E-state index contributed by atoms with van der Waals surface area (Å²) in [7, 11) is 3.22. The van der Waals surface area contributed by atoms with E-state index in [-0.39, 0.29) is 18.0 Å². The molecule has 2 heterocycles. The fourth-order valence-corrected chi connectivity index (χ4v) is 2.75. The molecule has 2 rings (SSSR count). The number of rotatable bonds is 7. The molecule has 1 saturated heterocycles.